The zero-order valence-electron chi connectivity index (χ0n) is 14.7. The second-order valence-electron chi connectivity index (χ2n) is 6.07. The molecule has 0 aromatic heterocycles. The molecule has 0 atom stereocenters. The number of nitrogens with one attached hydrogen (secondary N) is 1. The van der Waals surface area contributed by atoms with Crippen molar-refractivity contribution in [2.75, 3.05) is 6.61 Å². The van der Waals surface area contributed by atoms with Crippen LogP contribution in [0.5, 0.6) is 11.5 Å². The van der Waals surface area contributed by atoms with Crippen molar-refractivity contribution in [2.45, 2.75) is 13.8 Å². The molecule has 0 unspecified atom stereocenters. The third-order valence-electron chi connectivity index (χ3n) is 4.03. The lowest BCUT2D eigenvalue weighted by Gasteiger charge is -2.09. The molecular weight excluding hydrogens is 328 g/mol. The lowest BCUT2D eigenvalue weighted by atomic mass is 10.0. The molecule has 26 heavy (non-hydrogen) atoms. The lowest BCUT2D eigenvalue weighted by Crippen LogP contribution is -2.24. The van der Waals surface area contributed by atoms with Crippen molar-refractivity contribution in [3.8, 4) is 11.5 Å². The Morgan fingerprint density at radius 2 is 1.96 bits per heavy atom. The second-order valence-corrected chi connectivity index (χ2v) is 6.07. The number of hydrazone groups is 1. The fourth-order valence-electron chi connectivity index (χ4n) is 2.63. The molecule has 0 heterocycles. The number of ether oxygens (including phenoxy) is 1. The van der Waals surface area contributed by atoms with Gasteiger partial charge in [0.1, 0.15) is 11.5 Å². The number of hydrogen-bond donors (Lipinski definition) is 2. The first kappa shape index (κ1) is 17.5. The third-order valence-corrected chi connectivity index (χ3v) is 4.03. The average molecular weight is 348 g/mol. The number of benzene rings is 3. The van der Waals surface area contributed by atoms with Crippen LogP contribution in [0.2, 0.25) is 0 Å². The minimum atomic E-state index is -0.373. The summed E-state index contributed by atoms with van der Waals surface area (Å²) >= 11 is 0. The monoisotopic (exact) mass is 348 g/mol. The molecule has 0 aliphatic carbocycles. The molecule has 0 saturated carbocycles. The summed E-state index contributed by atoms with van der Waals surface area (Å²) in [5.74, 6) is 0.408. The topological polar surface area (TPSA) is 70.9 Å². The molecule has 1 amide bonds. The third kappa shape index (κ3) is 4.00. The number of aryl methyl sites for hydroxylation is 2. The van der Waals surface area contributed by atoms with Gasteiger partial charge in [0.2, 0.25) is 0 Å². The molecule has 0 fully saturated rings. The first-order valence-electron chi connectivity index (χ1n) is 8.27. The van der Waals surface area contributed by atoms with Crippen LogP contribution >= 0.6 is 0 Å². The summed E-state index contributed by atoms with van der Waals surface area (Å²) in [5.41, 5.74) is 5.01. The minimum Gasteiger partial charge on any atom is -0.507 e. The van der Waals surface area contributed by atoms with Gasteiger partial charge in [-0.25, -0.2) is 5.43 Å². The Bertz CT molecular complexity index is 980. The molecule has 132 valence electrons. The Morgan fingerprint density at radius 1 is 1.15 bits per heavy atom. The number of phenols is 1. The molecule has 3 rings (SSSR count). The molecule has 3 aromatic carbocycles. The number of carbonyl (C=O) groups is 1. The summed E-state index contributed by atoms with van der Waals surface area (Å²) in [6.45, 7) is 3.75. The van der Waals surface area contributed by atoms with E-state index in [1.807, 2.05) is 62.4 Å². The summed E-state index contributed by atoms with van der Waals surface area (Å²) in [5, 5.41) is 15.8. The summed E-state index contributed by atoms with van der Waals surface area (Å²) < 4.78 is 5.54. The number of phenolic OH excluding ortho intramolecular Hbond substituents is 1. The highest BCUT2D eigenvalue weighted by Gasteiger charge is 2.06. The van der Waals surface area contributed by atoms with Gasteiger partial charge in [-0.1, -0.05) is 42.5 Å². The fourth-order valence-corrected chi connectivity index (χ4v) is 2.63. The highest BCUT2D eigenvalue weighted by atomic mass is 16.5. The number of carbonyl (C=O) groups excluding carboxylic acids is 1. The number of hydrogen-bond acceptors (Lipinski definition) is 4. The van der Waals surface area contributed by atoms with Crippen molar-refractivity contribution >= 4 is 22.9 Å². The van der Waals surface area contributed by atoms with Crippen LogP contribution < -0.4 is 10.2 Å². The molecule has 5 heteroatoms. The molecule has 0 saturated heterocycles. The maximum Gasteiger partial charge on any atom is 0.277 e. The van der Waals surface area contributed by atoms with Crippen LogP contribution in [0.15, 0.2) is 59.7 Å². The predicted molar refractivity (Wildman–Crippen MR) is 103 cm³/mol. The molecule has 3 aromatic rings. The van der Waals surface area contributed by atoms with Gasteiger partial charge in [0.25, 0.3) is 5.91 Å². The predicted octanol–water partition coefficient (Wildman–Crippen LogP) is 3.69. The highest BCUT2D eigenvalue weighted by molar-refractivity contribution is 6.02. The summed E-state index contributed by atoms with van der Waals surface area (Å²) in [6.07, 6.45) is 1.44. The van der Waals surface area contributed by atoms with Gasteiger partial charge in [0.05, 0.1) is 6.21 Å². The van der Waals surface area contributed by atoms with Crippen molar-refractivity contribution < 1.29 is 14.6 Å². The van der Waals surface area contributed by atoms with Crippen molar-refractivity contribution in [1.29, 1.82) is 0 Å². The smallest absolute Gasteiger partial charge is 0.277 e. The highest BCUT2D eigenvalue weighted by Crippen LogP contribution is 2.25. The average Bonchev–Trinajstić information content (AvgIpc) is 2.64. The van der Waals surface area contributed by atoms with Crippen LogP contribution in [0, 0.1) is 13.8 Å². The molecular formula is C21H20N2O3. The van der Waals surface area contributed by atoms with E-state index in [2.05, 4.69) is 10.5 Å². The number of fused-ring (bicyclic) bond motifs is 1. The fraction of sp³-hybridized carbons (Fsp3) is 0.143. The standard InChI is InChI=1S/C21H20N2O3/c1-14-7-8-15(2)20(11-14)26-13-21(25)23-22-12-18-17-6-4-3-5-16(17)9-10-19(18)24/h3-12,24H,13H2,1-2H3,(H,23,25)/b22-12-. The normalized spacial score (nSPS) is 11.0. The van der Waals surface area contributed by atoms with Gasteiger partial charge in [-0.05, 0) is 47.9 Å². The Balaban J connectivity index is 1.65. The maximum atomic E-state index is 11.9. The van der Waals surface area contributed by atoms with Crippen LogP contribution in [-0.2, 0) is 4.79 Å². The maximum absolute atomic E-state index is 11.9. The Kier molecular flexibility index (Phi) is 5.17. The van der Waals surface area contributed by atoms with E-state index in [4.69, 9.17) is 4.74 Å². The zero-order valence-corrected chi connectivity index (χ0v) is 14.7. The van der Waals surface area contributed by atoms with E-state index in [0.29, 0.717) is 11.3 Å². The van der Waals surface area contributed by atoms with Gasteiger partial charge in [-0.2, -0.15) is 5.10 Å². The largest absolute Gasteiger partial charge is 0.507 e. The van der Waals surface area contributed by atoms with E-state index in [0.717, 1.165) is 21.9 Å². The molecule has 0 spiro atoms. The van der Waals surface area contributed by atoms with Crippen molar-refractivity contribution in [1.82, 2.24) is 5.43 Å². The van der Waals surface area contributed by atoms with Crippen LogP contribution in [0.3, 0.4) is 0 Å². The zero-order chi connectivity index (χ0) is 18.5. The Labute approximate surface area is 151 Å². The van der Waals surface area contributed by atoms with E-state index >= 15 is 0 Å². The van der Waals surface area contributed by atoms with Gasteiger partial charge in [0, 0.05) is 5.56 Å². The van der Waals surface area contributed by atoms with Crippen molar-refractivity contribution in [3.05, 3.63) is 71.3 Å². The van der Waals surface area contributed by atoms with Crippen LogP contribution in [0.25, 0.3) is 10.8 Å². The van der Waals surface area contributed by atoms with Gasteiger partial charge in [-0.3, -0.25) is 4.79 Å². The van der Waals surface area contributed by atoms with Crippen molar-refractivity contribution in [3.63, 3.8) is 0 Å². The quantitative estimate of drug-likeness (QED) is 0.546. The lowest BCUT2D eigenvalue weighted by molar-refractivity contribution is -0.123. The molecule has 0 radical (unpaired) electrons. The molecule has 0 bridgehead atoms. The van der Waals surface area contributed by atoms with Crippen LogP contribution in [0.1, 0.15) is 16.7 Å². The van der Waals surface area contributed by atoms with Crippen LogP contribution in [-0.4, -0.2) is 23.8 Å². The van der Waals surface area contributed by atoms with Gasteiger partial charge in [-0.15, -0.1) is 0 Å². The Morgan fingerprint density at radius 3 is 2.81 bits per heavy atom. The Hall–Kier alpha value is -3.34. The van der Waals surface area contributed by atoms with E-state index in [9.17, 15) is 9.90 Å². The first-order valence-corrected chi connectivity index (χ1v) is 8.27. The van der Waals surface area contributed by atoms with E-state index in [-0.39, 0.29) is 18.3 Å². The van der Waals surface area contributed by atoms with Gasteiger partial charge < -0.3 is 9.84 Å². The number of rotatable bonds is 5. The first-order chi connectivity index (χ1) is 12.5. The molecule has 5 nitrogen and oxygen atoms in total. The van der Waals surface area contributed by atoms with Gasteiger partial charge in [0.15, 0.2) is 6.61 Å². The molecule has 0 aliphatic heterocycles. The minimum absolute atomic E-state index is 0.105. The van der Waals surface area contributed by atoms with E-state index in [1.54, 1.807) is 6.07 Å². The molecule has 2 N–H and O–H groups in total. The molecule has 0 aliphatic rings. The van der Waals surface area contributed by atoms with Gasteiger partial charge >= 0.3 is 0 Å². The van der Waals surface area contributed by atoms with Crippen molar-refractivity contribution in [2.24, 2.45) is 5.10 Å². The summed E-state index contributed by atoms with van der Waals surface area (Å²) in [6, 6.07) is 16.9. The SMILES string of the molecule is Cc1ccc(C)c(OCC(=O)N/N=C\c2c(O)ccc3ccccc23)c1. The number of nitrogens with zero attached hydrogens (tertiary/aromatic N) is 1. The second kappa shape index (κ2) is 7.70. The number of aromatic hydroxyl groups is 1. The summed E-state index contributed by atoms with van der Waals surface area (Å²) in [4.78, 5) is 11.9. The van der Waals surface area contributed by atoms with E-state index < -0.39 is 0 Å². The number of amides is 1. The summed E-state index contributed by atoms with van der Waals surface area (Å²) in [7, 11) is 0. The van der Waals surface area contributed by atoms with Crippen LogP contribution in [0.4, 0.5) is 0 Å². The van der Waals surface area contributed by atoms with E-state index in [1.165, 1.54) is 6.21 Å².